The number of amides is 1. The zero-order valence-electron chi connectivity index (χ0n) is 18.5. The van der Waals surface area contributed by atoms with Gasteiger partial charge in [0.1, 0.15) is 0 Å². The van der Waals surface area contributed by atoms with Crippen LogP contribution in [0.3, 0.4) is 0 Å². The van der Waals surface area contributed by atoms with E-state index in [0.717, 1.165) is 36.9 Å². The highest BCUT2D eigenvalue weighted by atomic mass is 32.2. The lowest BCUT2D eigenvalue weighted by Crippen LogP contribution is -2.35. The molecule has 0 aliphatic carbocycles. The number of nitrogens with zero attached hydrogens (tertiary/aromatic N) is 1. The van der Waals surface area contributed by atoms with Gasteiger partial charge in [-0.25, -0.2) is 8.42 Å². The van der Waals surface area contributed by atoms with Crippen LogP contribution in [0.1, 0.15) is 30.4 Å². The van der Waals surface area contributed by atoms with Crippen molar-refractivity contribution in [2.75, 3.05) is 30.3 Å². The molecule has 0 unspecified atom stereocenters. The van der Waals surface area contributed by atoms with Crippen LogP contribution in [0.25, 0.3) is 0 Å². The van der Waals surface area contributed by atoms with E-state index >= 15 is 0 Å². The molecule has 1 amide bonds. The summed E-state index contributed by atoms with van der Waals surface area (Å²) in [4.78, 5) is 12.8. The molecule has 0 bridgehead atoms. The Morgan fingerprint density at radius 1 is 0.818 bits per heavy atom. The minimum Gasteiger partial charge on any atom is -0.376 e. The Morgan fingerprint density at radius 3 is 2.21 bits per heavy atom. The Hall–Kier alpha value is -3.16. The number of carbonyl (C=O) groups excluding carboxylic acids is 1. The van der Waals surface area contributed by atoms with Gasteiger partial charge in [-0.3, -0.25) is 4.79 Å². The van der Waals surface area contributed by atoms with E-state index < -0.39 is 10.0 Å². The van der Waals surface area contributed by atoms with Crippen LogP contribution in [0.4, 0.5) is 11.4 Å². The normalized spacial score (nSPS) is 14.5. The average molecular weight is 464 g/mol. The maximum atomic E-state index is 12.8. The number of rotatable bonds is 8. The predicted octanol–water partition coefficient (Wildman–Crippen LogP) is 4.50. The number of para-hydroxylation sites is 1. The van der Waals surface area contributed by atoms with Crippen LogP contribution >= 0.6 is 0 Å². The number of hydrogen-bond acceptors (Lipinski definition) is 4. The molecule has 0 radical (unpaired) electrons. The Labute approximate surface area is 195 Å². The number of sulfonamides is 1. The van der Waals surface area contributed by atoms with Gasteiger partial charge in [0.05, 0.1) is 11.4 Å². The van der Waals surface area contributed by atoms with E-state index in [-0.39, 0.29) is 17.3 Å². The predicted molar refractivity (Wildman–Crippen MR) is 132 cm³/mol. The second-order valence-corrected chi connectivity index (χ2v) is 10.1. The highest BCUT2D eigenvalue weighted by molar-refractivity contribution is 7.89. The van der Waals surface area contributed by atoms with Gasteiger partial charge >= 0.3 is 0 Å². The largest absolute Gasteiger partial charge is 0.376 e. The van der Waals surface area contributed by atoms with E-state index in [4.69, 9.17) is 0 Å². The van der Waals surface area contributed by atoms with Crippen molar-refractivity contribution < 1.29 is 13.2 Å². The van der Waals surface area contributed by atoms with E-state index in [9.17, 15) is 13.2 Å². The van der Waals surface area contributed by atoms with E-state index in [1.54, 1.807) is 28.6 Å². The zero-order chi connectivity index (χ0) is 23.1. The quantitative estimate of drug-likeness (QED) is 0.516. The van der Waals surface area contributed by atoms with E-state index in [1.165, 1.54) is 5.56 Å². The van der Waals surface area contributed by atoms with Gasteiger partial charge in [0.15, 0.2) is 0 Å². The van der Waals surface area contributed by atoms with Crippen molar-refractivity contribution in [3.8, 4) is 0 Å². The first kappa shape index (κ1) is 23.0. The van der Waals surface area contributed by atoms with Crippen LogP contribution in [-0.4, -0.2) is 38.3 Å². The first-order chi connectivity index (χ1) is 16.0. The van der Waals surface area contributed by atoms with Crippen LogP contribution in [0, 0.1) is 0 Å². The molecule has 0 spiro atoms. The molecule has 0 atom stereocenters. The first-order valence-corrected chi connectivity index (χ1v) is 12.7. The van der Waals surface area contributed by atoms with Crippen molar-refractivity contribution in [1.82, 2.24) is 4.31 Å². The van der Waals surface area contributed by atoms with Crippen molar-refractivity contribution in [2.45, 2.75) is 30.6 Å². The van der Waals surface area contributed by atoms with E-state index in [2.05, 4.69) is 22.8 Å². The van der Waals surface area contributed by atoms with Gasteiger partial charge in [-0.2, -0.15) is 4.31 Å². The highest BCUT2D eigenvalue weighted by Crippen LogP contribution is 2.22. The fourth-order valence-electron chi connectivity index (χ4n) is 3.99. The topological polar surface area (TPSA) is 78.5 Å². The summed E-state index contributed by atoms with van der Waals surface area (Å²) in [6.45, 7) is 1.24. The van der Waals surface area contributed by atoms with E-state index in [1.807, 2.05) is 42.5 Å². The summed E-state index contributed by atoms with van der Waals surface area (Å²) >= 11 is 0. The van der Waals surface area contributed by atoms with Crippen molar-refractivity contribution in [2.24, 2.45) is 0 Å². The Bertz CT molecular complexity index is 1170. The van der Waals surface area contributed by atoms with Gasteiger partial charge in [-0.15, -0.1) is 0 Å². The third-order valence-electron chi connectivity index (χ3n) is 5.79. The maximum absolute atomic E-state index is 12.8. The Balaban J connectivity index is 1.34. The number of carbonyl (C=O) groups is 1. The van der Waals surface area contributed by atoms with Gasteiger partial charge in [0.2, 0.25) is 15.9 Å². The maximum Gasteiger partial charge on any atom is 0.243 e. The summed E-state index contributed by atoms with van der Waals surface area (Å²) in [6, 6.07) is 24.5. The van der Waals surface area contributed by atoms with Gasteiger partial charge in [0, 0.05) is 24.5 Å². The van der Waals surface area contributed by atoms with Gasteiger partial charge in [-0.1, -0.05) is 55.0 Å². The fraction of sp³-hybridized carbons (Fsp3) is 0.269. The van der Waals surface area contributed by atoms with Crippen LogP contribution in [0.5, 0.6) is 0 Å². The summed E-state index contributed by atoms with van der Waals surface area (Å²) in [7, 11) is -3.46. The average Bonchev–Trinajstić information content (AvgIpc) is 2.85. The van der Waals surface area contributed by atoms with Gasteiger partial charge < -0.3 is 10.6 Å². The molecule has 1 saturated heterocycles. The van der Waals surface area contributed by atoms with E-state index in [0.29, 0.717) is 18.8 Å². The molecule has 1 aliphatic heterocycles. The molecule has 1 aliphatic rings. The summed E-state index contributed by atoms with van der Waals surface area (Å²) in [5.41, 5.74) is 3.71. The molecule has 33 heavy (non-hydrogen) atoms. The third-order valence-corrected chi connectivity index (χ3v) is 7.70. The number of benzene rings is 3. The lowest BCUT2D eigenvalue weighted by Gasteiger charge is -2.25. The minimum atomic E-state index is -3.46. The van der Waals surface area contributed by atoms with Crippen LogP contribution < -0.4 is 10.6 Å². The SMILES string of the molecule is O=C(CNc1ccc(S(=O)(=O)N2CCCCC2)cc1)Nc1ccccc1Cc1ccccc1. The highest BCUT2D eigenvalue weighted by Gasteiger charge is 2.25. The molecular weight excluding hydrogens is 434 g/mol. The van der Waals surface area contributed by atoms with Crippen LogP contribution in [0.15, 0.2) is 83.8 Å². The second kappa shape index (κ2) is 10.6. The molecule has 0 aromatic heterocycles. The van der Waals surface area contributed by atoms with Crippen molar-refractivity contribution in [3.63, 3.8) is 0 Å². The molecular formula is C26H29N3O3S. The first-order valence-electron chi connectivity index (χ1n) is 11.3. The number of piperidine rings is 1. The third kappa shape index (κ3) is 6.00. The monoisotopic (exact) mass is 463 g/mol. The molecule has 172 valence electrons. The lowest BCUT2D eigenvalue weighted by atomic mass is 10.0. The smallest absolute Gasteiger partial charge is 0.243 e. The van der Waals surface area contributed by atoms with Crippen molar-refractivity contribution in [1.29, 1.82) is 0 Å². The minimum absolute atomic E-state index is 0.0812. The number of nitrogens with one attached hydrogen (secondary N) is 2. The summed E-state index contributed by atoms with van der Waals surface area (Å²) < 4.78 is 27.1. The molecule has 6 nitrogen and oxygen atoms in total. The molecule has 2 N–H and O–H groups in total. The molecule has 4 rings (SSSR count). The zero-order valence-corrected chi connectivity index (χ0v) is 19.4. The second-order valence-electron chi connectivity index (χ2n) is 8.21. The molecule has 7 heteroatoms. The summed E-state index contributed by atoms with van der Waals surface area (Å²) in [6.07, 6.45) is 3.62. The number of hydrogen-bond donors (Lipinski definition) is 2. The van der Waals surface area contributed by atoms with Crippen LogP contribution in [-0.2, 0) is 21.2 Å². The van der Waals surface area contributed by atoms with Crippen LogP contribution in [0.2, 0.25) is 0 Å². The number of anilines is 2. The fourth-order valence-corrected chi connectivity index (χ4v) is 5.51. The molecule has 3 aromatic rings. The summed E-state index contributed by atoms with van der Waals surface area (Å²) in [5, 5.41) is 6.05. The molecule has 1 fully saturated rings. The lowest BCUT2D eigenvalue weighted by molar-refractivity contribution is -0.114. The molecule has 1 heterocycles. The molecule has 3 aromatic carbocycles. The summed E-state index contributed by atoms with van der Waals surface area (Å²) in [5.74, 6) is -0.166. The Morgan fingerprint density at radius 2 is 1.48 bits per heavy atom. The van der Waals surface area contributed by atoms with Crippen molar-refractivity contribution in [3.05, 3.63) is 90.0 Å². The molecule has 0 saturated carbocycles. The standard InChI is InChI=1S/C26H29N3O3S/c30-26(28-25-12-6-5-11-22(25)19-21-9-3-1-4-10-21)20-27-23-13-15-24(16-14-23)33(31,32)29-17-7-2-8-18-29/h1,3-6,9-16,27H,2,7-8,17-20H2,(H,28,30). The Kier molecular flexibility index (Phi) is 7.42. The van der Waals surface area contributed by atoms with Gasteiger partial charge in [0.25, 0.3) is 0 Å². The van der Waals surface area contributed by atoms with Gasteiger partial charge in [-0.05, 0) is 60.7 Å². The van der Waals surface area contributed by atoms with Crippen molar-refractivity contribution >= 4 is 27.3 Å².